The zero-order chi connectivity index (χ0) is 13.0. The maximum Gasteiger partial charge on any atom is 0.121 e. The molecule has 18 heavy (non-hydrogen) atoms. The number of furan rings is 1. The molecule has 1 atom stereocenters. The van der Waals surface area contributed by atoms with Crippen molar-refractivity contribution in [1.29, 1.82) is 0 Å². The van der Waals surface area contributed by atoms with E-state index in [1.165, 1.54) is 0 Å². The highest BCUT2D eigenvalue weighted by Crippen LogP contribution is 2.24. The summed E-state index contributed by atoms with van der Waals surface area (Å²) in [5, 5.41) is 3.39. The Morgan fingerprint density at radius 3 is 2.61 bits per heavy atom. The number of nitrogens with zero attached hydrogens (tertiary/aromatic N) is 2. The minimum absolute atomic E-state index is 0.383. The van der Waals surface area contributed by atoms with E-state index in [9.17, 15) is 0 Å². The molecular weight excluding hydrogens is 226 g/mol. The molecule has 0 aliphatic carbocycles. The Bertz CT molecular complexity index is 356. The van der Waals surface area contributed by atoms with Gasteiger partial charge in [0.2, 0.25) is 0 Å². The van der Waals surface area contributed by atoms with Crippen molar-refractivity contribution in [3.05, 3.63) is 23.7 Å². The molecule has 0 amide bonds. The van der Waals surface area contributed by atoms with Gasteiger partial charge in [-0.3, -0.25) is 4.90 Å². The van der Waals surface area contributed by atoms with Gasteiger partial charge in [-0.15, -0.1) is 0 Å². The van der Waals surface area contributed by atoms with Crippen LogP contribution in [0.2, 0.25) is 0 Å². The number of hydrogen-bond acceptors (Lipinski definition) is 4. The van der Waals surface area contributed by atoms with Gasteiger partial charge < -0.3 is 14.6 Å². The molecule has 0 bridgehead atoms. The number of aryl methyl sites for hydroxylation is 1. The van der Waals surface area contributed by atoms with Crippen molar-refractivity contribution in [2.24, 2.45) is 0 Å². The molecule has 1 aliphatic rings. The van der Waals surface area contributed by atoms with Crippen molar-refractivity contribution in [1.82, 2.24) is 15.1 Å². The standard InChI is InChI=1S/C14H25N3O/c1-12-4-5-14(18-12)13(16(2)3)6-9-17-10-7-15-8-11-17/h4-5,13,15H,6-11H2,1-3H3. The van der Waals surface area contributed by atoms with Crippen molar-refractivity contribution in [2.45, 2.75) is 19.4 Å². The second kappa shape index (κ2) is 6.36. The normalized spacial score (nSPS) is 19.3. The van der Waals surface area contributed by atoms with Crippen molar-refractivity contribution >= 4 is 0 Å². The van der Waals surface area contributed by atoms with Crippen LogP contribution in [0.3, 0.4) is 0 Å². The van der Waals surface area contributed by atoms with E-state index < -0.39 is 0 Å². The summed E-state index contributed by atoms with van der Waals surface area (Å²) >= 11 is 0. The van der Waals surface area contributed by atoms with Gasteiger partial charge in [0, 0.05) is 32.7 Å². The van der Waals surface area contributed by atoms with Crippen LogP contribution in [0.25, 0.3) is 0 Å². The molecule has 0 radical (unpaired) electrons. The summed E-state index contributed by atoms with van der Waals surface area (Å²) in [4.78, 5) is 4.78. The lowest BCUT2D eigenvalue weighted by atomic mass is 10.1. The zero-order valence-electron chi connectivity index (χ0n) is 11.8. The van der Waals surface area contributed by atoms with Gasteiger partial charge in [0.25, 0.3) is 0 Å². The quantitative estimate of drug-likeness (QED) is 0.859. The maximum atomic E-state index is 5.77. The van der Waals surface area contributed by atoms with E-state index in [0.29, 0.717) is 6.04 Å². The molecule has 1 unspecified atom stereocenters. The first-order valence-corrected chi connectivity index (χ1v) is 6.82. The molecule has 0 saturated carbocycles. The maximum absolute atomic E-state index is 5.77. The van der Waals surface area contributed by atoms with Crippen LogP contribution in [0.4, 0.5) is 0 Å². The summed E-state index contributed by atoms with van der Waals surface area (Å²) in [5.41, 5.74) is 0. The van der Waals surface area contributed by atoms with E-state index in [1.807, 2.05) is 6.92 Å². The third-order valence-corrected chi connectivity index (χ3v) is 3.64. The molecule has 1 aliphatic heterocycles. The fourth-order valence-electron chi connectivity index (χ4n) is 2.53. The van der Waals surface area contributed by atoms with Crippen LogP contribution in [0, 0.1) is 6.92 Å². The first kappa shape index (κ1) is 13.6. The molecular formula is C14H25N3O. The second-order valence-corrected chi connectivity index (χ2v) is 5.31. The fourth-order valence-corrected chi connectivity index (χ4v) is 2.53. The summed E-state index contributed by atoms with van der Waals surface area (Å²) < 4.78 is 5.77. The molecule has 1 aromatic heterocycles. The Morgan fingerprint density at radius 2 is 2.06 bits per heavy atom. The van der Waals surface area contributed by atoms with Crippen LogP contribution >= 0.6 is 0 Å². The van der Waals surface area contributed by atoms with E-state index in [-0.39, 0.29) is 0 Å². The summed E-state index contributed by atoms with van der Waals surface area (Å²) in [6, 6.07) is 4.54. The molecule has 4 heteroatoms. The van der Waals surface area contributed by atoms with Crippen molar-refractivity contribution in [2.75, 3.05) is 46.8 Å². The van der Waals surface area contributed by atoms with Gasteiger partial charge in [-0.05, 0) is 39.6 Å². The first-order chi connectivity index (χ1) is 8.66. The van der Waals surface area contributed by atoms with E-state index in [0.717, 1.165) is 50.7 Å². The Kier molecular flexibility index (Phi) is 4.80. The average molecular weight is 251 g/mol. The molecule has 1 saturated heterocycles. The molecule has 0 aromatic carbocycles. The topological polar surface area (TPSA) is 31.6 Å². The van der Waals surface area contributed by atoms with Crippen LogP contribution in [0.5, 0.6) is 0 Å². The lowest BCUT2D eigenvalue weighted by Crippen LogP contribution is -2.44. The predicted molar refractivity (Wildman–Crippen MR) is 73.8 cm³/mol. The van der Waals surface area contributed by atoms with E-state index >= 15 is 0 Å². The molecule has 1 aromatic rings. The summed E-state index contributed by atoms with van der Waals surface area (Å²) in [5.74, 6) is 2.09. The minimum atomic E-state index is 0.383. The van der Waals surface area contributed by atoms with Gasteiger partial charge in [0.15, 0.2) is 0 Å². The second-order valence-electron chi connectivity index (χ2n) is 5.31. The number of piperazine rings is 1. The summed E-state index contributed by atoms with van der Waals surface area (Å²) in [6.45, 7) is 7.71. The molecule has 2 rings (SSSR count). The van der Waals surface area contributed by atoms with Crippen LogP contribution in [-0.4, -0.2) is 56.6 Å². The van der Waals surface area contributed by atoms with Gasteiger partial charge in [-0.1, -0.05) is 0 Å². The highest BCUT2D eigenvalue weighted by molar-refractivity contribution is 5.09. The average Bonchev–Trinajstić information content (AvgIpc) is 2.77. The summed E-state index contributed by atoms with van der Waals surface area (Å²) in [7, 11) is 4.25. The minimum Gasteiger partial charge on any atom is -0.465 e. The third kappa shape index (κ3) is 3.57. The molecule has 102 valence electrons. The van der Waals surface area contributed by atoms with Crippen LogP contribution in [0.15, 0.2) is 16.5 Å². The van der Waals surface area contributed by atoms with Crippen LogP contribution < -0.4 is 5.32 Å². The van der Waals surface area contributed by atoms with E-state index in [4.69, 9.17) is 4.42 Å². The van der Waals surface area contributed by atoms with E-state index in [1.54, 1.807) is 0 Å². The lowest BCUT2D eigenvalue weighted by molar-refractivity contribution is 0.185. The zero-order valence-corrected chi connectivity index (χ0v) is 11.8. The Morgan fingerprint density at radius 1 is 1.33 bits per heavy atom. The first-order valence-electron chi connectivity index (χ1n) is 6.82. The molecule has 4 nitrogen and oxygen atoms in total. The SMILES string of the molecule is Cc1ccc(C(CCN2CCNCC2)N(C)C)o1. The smallest absolute Gasteiger partial charge is 0.121 e. The number of nitrogens with one attached hydrogen (secondary N) is 1. The van der Waals surface area contributed by atoms with Gasteiger partial charge in [-0.25, -0.2) is 0 Å². The monoisotopic (exact) mass is 251 g/mol. The Balaban J connectivity index is 1.90. The van der Waals surface area contributed by atoms with Gasteiger partial charge in [0.05, 0.1) is 6.04 Å². The number of hydrogen-bond donors (Lipinski definition) is 1. The van der Waals surface area contributed by atoms with Crippen molar-refractivity contribution in [3.63, 3.8) is 0 Å². The highest BCUT2D eigenvalue weighted by Gasteiger charge is 2.19. The van der Waals surface area contributed by atoms with E-state index in [2.05, 4.69) is 41.3 Å². The largest absolute Gasteiger partial charge is 0.465 e. The molecule has 1 N–H and O–H groups in total. The van der Waals surface area contributed by atoms with Gasteiger partial charge in [-0.2, -0.15) is 0 Å². The Hall–Kier alpha value is -0.840. The van der Waals surface area contributed by atoms with Crippen molar-refractivity contribution in [3.8, 4) is 0 Å². The van der Waals surface area contributed by atoms with Gasteiger partial charge in [0.1, 0.15) is 11.5 Å². The van der Waals surface area contributed by atoms with Crippen LogP contribution in [0.1, 0.15) is 24.0 Å². The highest BCUT2D eigenvalue weighted by atomic mass is 16.3. The predicted octanol–water partition coefficient (Wildman–Crippen LogP) is 1.49. The summed E-state index contributed by atoms with van der Waals surface area (Å²) in [6.07, 6.45) is 1.12. The fraction of sp³-hybridized carbons (Fsp3) is 0.714. The molecule has 2 heterocycles. The van der Waals surface area contributed by atoms with Crippen molar-refractivity contribution < 1.29 is 4.42 Å². The molecule has 1 fully saturated rings. The number of rotatable bonds is 5. The lowest BCUT2D eigenvalue weighted by Gasteiger charge is -2.30. The molecule has 0 spiro atoms. The third-order valence-electron chi connectivity index (χ3n) is 3.64. The van der Waals surface area contributed by atoms with Crippen LogP contribution in [-0.2, 0) is 0 Å². The van der Waals surface area contributed by atoms with Gasteiger partial charge >= 0.3 is 0 Å². The Labute approximate surface area is 110 Å².